The van der Waals surface area contributed by atoms with Crippen molar-refractivity contribution in [1.82, 2.24) is 5.32 Å². The zero-order valence-corrected chi connectivity index (χ0v) is 47.9. The van der Waals surface area contributed by atoms with Crippen LogP contribution in [-0.4, -0.2) is 87.5 Å². The van der Waals surface area contributed by atoms with Gasteiger partial charge in [-0.2, -0.15) is 0 Å². The highest BCUT2D eigenvalue weighted by molar-refractivity contribution is 5.76. The highest BCUT2D eigenvalue weighted by Gasteiger charge is 2.44. The number of amides is 1. The number of aliphatic hydroxyl groups is 5. The number of hydrogen-bond acceptors (Lipinski definition) is 8. The third kappa shape index (κ3) is 43.1. The number of nitrogens with one attached hydrogen (secondary N) is 1. The first-order valence-electron chi connectivity index (χ1n) is 31.7. The van der Waals surface area contributed by atoms with Gasteiger partial charge in [0, 0.05) is 6.42 Å². The van der Waals surface area contributed by atoms with Crippen molar-refractivity contribution in [1.29, 1.82) is 0 Å². The van der Waals surface area contributed by atoms with Crippen molar-refractivity contribution >= 4 is 5.91 Å². The SMILES string of the molecule is CCCCCCC/C=C\C/C=C\CCCCCCCCCCCCCCCCCCCCCCCCCC(=O)NC(COC1OC(CO)C(O)C(O)C1O)C(O)/C=C/CCCCCCCCCCCCCCC. The summed E-state index contributed by atoms with van der Waals surface area (Å²) in [6, 6.07) is -0.802. The van der Waals surface area contributed by atoms with Crippen LogP contribution >= 0.6 is 0 Å². The summed E-state index contributed by atoms with van der Waals surface area (Å²) in [7, 11) is 0. The van der Waals surface area contributed by atoms with Crippen molar-refractivity contribution in [3.05, 3.63) is 36.5 Å². The van der Waals surface area contributed by atoms with Crippen molar-refractivity contribution in [2.45, 2.75) is 352 Å². The highest BCUT2D eigenvalue weighted by atomic mass is 16.7. The largest absolute Gasteiger partial charge is 0.394 e. The fourth-order valence-corrected chi connectivity index (χ4v) is 10.2. The Morgan fingerprint density at radius 2 is 0.808 bits per heavy atom. The number of hydrogen-bond donors (Lipinski definition) is 6. The number of ether oxygens (including phenoxy) is 2. The molecule has 0 aromatic rings. The van der Waals surface area contributed by atoms with Crippen LogP contribution in [0.2, 0.25) is 0 Å². The minimum Gasteiger partial charge on any atom is -0.394 e. The maximum atomic E-state index is 13.1. The molecule has 0 aromatic carbocycles. The first-order chi connectivity index (χ1) is 35.8. The van der Waals surface area contributed by atoms with Crippen molar-refractivity contribution in [2.24, 2.45) is 0 Å². The van der Waals surface area contributed by atoms with Crippen LogP contribution in [0.4, 0.5) is 0 Å². The molecule has 1 heterocycles. The Bertz CT molecular complexity index is 1240. The number of aliphatic hydroxyl groups excluding tert-OH is 5. The molecule has 1 aliphatic rings. The average molecular weight is 1030 g/mol. The second kappa shape index (κ2) is 53.8. The van der Waals surface area contributed by atoms with E-state index in [2.05, 4.69) is 43.5 Å². The monoisotopic (exact) mass is 1030 g/mol. The molecule has 0 spiro atoms. The van der Waals surface area contributed by atoms with E-state index in [9.17, 15) is 30.3 Å². The normalized spacial score (nSPS) is 19.2. The molecule has 1 saturated heterocycles. The number of allylic oxidation sites excluding steroid dienone is 5. The zero-order valence-electron chi connectivity index (χ0n) is 47.9. The van der Waals surface area contributed by atoms with E-state index in [-0.39, 0.29) is 12.5 Å². The highest BCUT2D eigenvalue weighted by Crippen LogP contribution is 2.23. The average Bonchev–Trinajstić information content (AvgIpc) is 3.39. The van der Waals surface area contributed by atoms with Crippen LogP contribution in [0.1, 0.15) is 309 Å². The zero-order chi connectivity index (χ0) is 52.9. The maximum absolute atomic E-state index is 13.1. The van der Waals surface area contributed by atoms with Crippen LogP contribution in [0.3, 0.4) is 0 Å². The predicted molar refractivity (Wildman–Crippen MR) is 309 cm³/mol. The molecule has 73 heavy (non-hydrogen) atoms. The van der Waals surface area contributed by atoms with Gasteiger partial charge in [0.1, 0.15) is 24.4 Å². The molecule has 0 aromatic heterocycles. The molecule has 0 saturated carbocycles. The van der Waals surface area contributed by atoms with Crippen LogP contribution in [0.5, 0.6) is 0 Å². The molecule has 0 aliphatic carbocycles. The van der Waals surface area contributed by atoms with E-state index < -0.39 is 49.5 Å². The third-order valence-electron chi connectivity index (χ3n) is 15.2. The lowest BCUT2D eigenvalue weighted by Crippen LogP contribution is -2.60. The summed E-state index contributed by atoms with van der Waals surface area (Å²) >= 11 is 0. The summed E-state index contributed by atoms with van der Waals surface area (Å²) < 4.78 is 11.3. The van der Waals surface area contributed by atoms with Crippen LogP contribution < -0.4 is 5.32 Å². The van der Waals surface area contributed by atoms with E-state index in [1.807, 2.05) is 6.08 Å². The van der Waals surface area contributed by atoms with Crippen LogP contribution in [-0.2, 0) is 14.3 Å². The minimum absolute atomic E-state index is 0.171. The lowest BCUT2D eigenvalue weighted by molar-refractivity contribution is -0.302. The Balaban J connectivity index is 2.08. The third-order valence-corrected chi connectivity index (χ3v) is 15.2. The van der Waals surface area contributed by atoms with E-state index in [1.54, 1.807) is 6.08 Å². The predicted octanol–water partition coefficient (Wildman–Crippen LogP) is 16.3. The van der Waals surface area contributed by atoms with Crippen molar-refractivity contribution in [3.63, 3.8) is 0 Å². The van der Waals surface area contributed by atoms with Gasteiger partial charge in [0.05, 0.1) is 25.4 Å². The summed E-state index contributed by atoms with van der Waals surface area (Å²) in [4.78, 5) is 13.1. The van der Waals surface area contributed by atoms with E-state index in [0.29, 0.717) is 6.42 Å². The summed E-state index contributed by atoms with van der Waals surface area (Å²) in [5, 5.41) is 54.5. The molecular weight excluding hydrogens is 911 g/mol. The van der Waals surface area contributed by atoms with E-state index in [1.165, 1.54) is 244 Å². The Labute approximate surface area is 451 Å². The van der Waals surface area contributed by atoms with Gasteiger partial charge in [-0.25, -0.2) is 0 Å². The smallest absolute Gasteiger partial charge is 0.220 e. The van der Waals surface area contributed by atoms with Gasteiger partial charge >= 0.3 is 0 Å². The van der Waals surface area contributed by atoms with Crippen molar-refractivity contribution < 1.29 is 39.8 Å². The Morgan fingerprint density at radius 3 is 1.18 bits per heavy atom. The van der Waals surface area contributed by atoms with E-state index in [0.717, 1.165) is 44.9 Å². The topological polar surface area (TPSA) is 149 Å². The molecule has 6 N–H and O–H groups in total. The van der Waals surface area contributed by atoms with Gasteiger partial charge in [-0.1, -0.05) is 288 Å². The lowest BCUT2D eigenvalue weighted by atomic mass is 9.99. The molecule has 1 fully saturated rings. The Morgan fingerprint density at radius 1 is 0.466 bits per heavy atom. The first kappa shape index (κ1) is 69.4. The summed E-state index contributed by atoms with van der Waals surface area (Å²) in [5.41, 5.74) is 0. The van der Waals surface area contributed by atoms with Crippen LogP contribution in [0.25, 0.3) is 0 Å². The summed E-state index contributed by atoms with van der Waals surface area (Å²) in [5.74, 6) is -0.171. The van der Waals surface area contributed by atoms with Crippen molar-refractivity contribution in [2.75, 3.05) is 13.2 Å². The van der Waals surface area contributed by atoms with Gasteiger partial charge in [-0.3, -0.25) is 4.79 Å². The standard InChI is InChI=1S/C64H121NO8/c1-3-5-7-9-11-13-15-17-19-20-21-22-23-24-25-26-27-28-29-30-31-32-33-34-35-36-37-38-40-42-44-46-48-50-52-54-60(68)65-57(56-72-64-63(71)62(70)61(69)59(55-66)73-64)58(67)53-51-49-47-45-43-41-39-18-16-14-12-10-8-6-4-2/h15,17,20-21,51,53,57-59,61-64,66-67,69-71H,3-14,16,18-19,22-50,52,54-56H2,1-2H3,(H,65,68)/b17-15-,21-20-,53-51+. The van der Waals surface area contributed by atoms with Gasteiger partial charge in [0.25, 0.3) is 0 Å². The fraction of sp³-hybridized carbons (Fsp3) is 0.891. The minimum atomic E-state index is -1.56. The van der Waals surface area contributed by atoms with Crippen LogP contribution in [0, 0.1) is 0 Å². The van der Waals surface area contributed by atoms with Gasteiger partial charge in [0.15, 0.2) is 6.29 Å². The summed E-state index contributed by atoms with van der Waals surface area (Å²) in [6.45, 7) is 3.80. The number of carbonyl (C=O) groups excluding carboxylic acids is 1. The second-order valence-electron chi connectivity index (χ2n) is 22.2. The Hall–Kier alpha value is -1.59. The fourth-order valence-electron chi connectivity index (χ4n) is 10.2. The molecule has 7 unspecified atom stereocenters. The lowest BCUT2D eigenvalue weighted by Gasteiger charge is -2.40. The van der Waals surface area contributed by atoms with E-state index >= 15 is 0 Å². The number of rotatable bonds is 55. The molecule has 1 rings (SSSR count). The first-order valence-corrected chi connectivity index (χ1v) is 31.7. The van der Waals surface area contributed by atoms with Gasteiger partial charge in [-0.15, -0.1) is 0 Å². The van der Waals surface area contributed by atoms with Crippen molar-refractivity contribution in [3.8, 4) is 0 Å². The number of unbranched alkanes of at least 4 members (excludes halogenated alkanes) is 41. The van der Waals surface area contributed by atoms with Gasteiger partial charge in [0.2, 0.25) is 5.91 Å². The van der Waals surface area contributed by atoms with Gasteiger partial charge in [-0.05, 0) is 51.4 Å². The van der Waals surface area contributed by atoms with Crippen LogP contribution in [0.15, 0.2) is 36.5 Å². The Kier molecular flexibility index (Phi) is 51.2. The molecule has 7 atom stereocenters. The second-order valence-corrected chi connectivity index (χ2v) is 22.2. The molecule has 9 nitrogen and oxygen atoms in total. The summed E-state index contributed by atoms with van der Waals surface area (Å²) in [6.07, 6.45) is 63.8. The molecule has 0 radical (unpaired) electrons. The molecule has 1 aliphatic heterocycles. The molecule has 0 bridgehead atoms. The molecule has 430 valence electrons. The molecular formula is C64H121NO8. The quantitative estimate of drug-likeness (QED) is 0.0261. The number of carbonyl (C=O) groups is 1. The van der Waals surface area contributed by atoms with Gasteiger partial charge < -0.3 is 40.3 Å². The molecule has 1 amide bonds. The van der Waals surface area contributed by atoms with E-state index in [4.69, 9.17) is 9.47 Å². The maximum Gasteiger partial charge on any atom is 0.220 e. The molecule has 9 heteroatoms.